The molecule has 7 nitrogen and oxygen atoms in total. The molecule has 24 heavy (non-hydrogen) atoms. The molecule has 0 atom stereocenters. The number of para-hydroxylation sites is 1. The van der Waals surface area contributed by atoms with E-state index in [1.807, 2.05) is 23.1 Å². The van der Waals surface area contributed by atoms with Crippen LogP contribution in [0.25, 0.3) is 0 Å². The van der Waals surface area contributed by atoms with Crippen LogP contribution in [0, 0.1) is 0 Å². The summed E-state index contributed by atoms with van der Waals surface area (Å²) >= 11 is 0. The second kappa shape index (κ2) is 7.00. The molecule has 2 fully saturated rings. The molecule has 2 aliphatic heterocycles. The monoisotopic (exact) mass is 331 g/mol. The minimum atomic E-state index is -0.254. The standard InChI is InChI=1S/C17H21N3O4/c1-24-16(22)12-18-9-7-13(8-10-18)19-11-15(21)20(17(19)23)14-5-3-2-4-6-14/h2-6,13H,7-12H2,1H3. The normalized spacial score (nSPS) is 19.9. The van der Waals surface area contributed by atoms with Crippen molar-refractivity contribution in [3.63, 3.8) is 0 Å². The largest absolute Gasteiger partial charge is 0.468 e. The summed E-state index contributed by atoms with van der Waals surface area (Å²) in [6.07, 6.45) is 1.50. The number of nitrogens with zero attached hydrogens (tertiary/aromatic N) is 3. The summed E-state index contributed by atoms with van der Waals surface area (Å²) in [5.41, 5.74) is 0.609. The molecular weight excluding hydrogens is 310 g/mol. The van der Waals surface area contributed by atoms with Crippen molar-refractivity contribution in [3.05, 3.63) is 30.3 Å². The number of rotatable bonds is 4. The second-order valence-electron chi connectivity index (χ2n) is 6.06. The van der Waals surface area contributed by atoms with Crippen LogP contribution in [0.15, 0.2) is 30.3 Å². The van der Waals surface area contributed by atoms with Crippen molar-refractivity contribution < 1.29 is 19.1 Å². The van der Waals surface area contributed by atoms with Crippen LogP contribution < -0.4 is 4.90 Å². The fourth-order valence-electron chi connectivity index (χ4n) is 3.27. The van der Waals surface area contributed by atoms with E-state index in [4.69, 9.17) is 0 Å². The van der Waals surface area contributed by atoms with Gasteiger partial charge in [0.2, 0.25) is 0 Å². The molecule has 128 valence electrons. The average molecular weight is 331 g/mol. The van der Waals surface area contributed by atoms with Gasteiger partial charge in [0.15, 0.2) is 0 Å². The Bertz CT molecular complexity index is 626. The Hall–Kier alpha value is -2.41. The summed E-state index contributed by atoms with van der Waals surface area (Å²) in [6.45, 7) is 1.81. The molecule has 2 saturated heterocycles. The van der Waals surface area contributed by atoms with Crippen LogP contribution >= 0.6 is 0 Å². The maximum Gasteiger partial charge on any atom is 0.332 e. The Morgan fingerprint density at radius 2 is 1.83 bits per heavy atom. The van der Waals surface area contributed by atoms with Gasteiger partial charge in [0.05, 0.1) is 19.3 Å². The fraction of sp³-hybridized carbons (Fsp3) is 0.471. The molecule has 0 aromatic heterocycles. The minimum absolute atomic E-state index is 0.0315. The third-order valence-electron chi connectivity index (χ3n) is 4.58. The summed E-state index contributed by atoms with van der Waals surface area (Å²) < 4.78 is 4.68. The first-order chi connectivity index (χ1) is 11.6. The summed E-state index contributed by atoms with van der Waals surface area (Å²) in [4.78, 5) is 41.2. The highest BCUT2D eigenvalue weighted by molar-refractivity contribution is 6.19. The molecule has 0 radical (unpaired) electrons. The molecule has 2 heterocycles. The minimum Gasteiger partial charge on any atom is -0.468 e. The number of carbonyl (C=O) groups is 3. The quantitative estimate of drug-likeness (QED) is 0.610. The van der Waals surface area contributed by atoms with Crippen molar-refractivity contribution in [2.75, 3.05) is 38.2 Å². The van der Waals surface area contributed by atoms with Crippen LogP contribution in [0.4, 0.5) is 10.5 Å². The molecule has 0 unspecified atom stereocenters. The van der Waals surface area contributed by atoms with E-state index in [0.29, 0.717) is 18.8 Å². The Kier molecular flexibility index (Phi) is 4.80. The summed E-state index contributed by atoms with van der Waals surface area (Å²) in [7, 11) is 1.38. The molecule has 0 N–H and O–H groups in total. The zero-order valence-electron chi connectivity index (χ0n) is 13.7. The number of anilines is 1. The average Bonchev–Trinajstić information content (AvgIpc) is 2.90. The van der Waals surface area contributed by atoms with Crippen molar-refractivity contribution in [2.45, 2.75) is 18.9 Å². The van der Waals surface area contributed by atoms with Crippen LogP contribution in [0.5, 0.6) is 0 Å². The SMILES string of the molecule is COC(=O)CN1CCC(N2CC(=O)N(c3ccccc3)C2=O)CC1. The first kappa shape index (κ1) is 16.4. The van der Waals surface area contributed by atoms with Crippen LogP contribution in [-0.4, -0.2) is 67.0 Å². The molecule has 3 rings (SSSR count). The topological polar surface area (TPSA) is 70.2 Å². The van der Waals surface area contributed by atoms with Crippen LogP contribution in [0.3, 0.4) is 0 Å². The number of methoxy groups -OCH3 is 1. The van der Waals surface area contributed by atoms with Crippen LogP contribution in [0.1, 0.15) is 12.8 Å². The van der Waals surface area contributed by atoms with E-state index in [9.17, 15) is 14.4 Å². The lowest BCUT2D eigenvalue weighted by molar-refractivity contribution is -0.142. The van der Waals surface area contributed by atoms with Gasteiger partial charge in [-0.1, -0.05) is 18.2 Å². The number of carbonyl (C=O) groups excluding carboxylic acids is 3. The molecule has 0 aliphatic carbocycles. The number of esters is 1. The molecule has 1 aromatic rings. The lowest BCUT2D eigenvalue weighted by Crippen LogP contribution is -2.47. The van der Waals surface area contributed by atoms with Gasteiger partial charge < -0.3 is 9.64 Å². The van der Waals surface area contributed by atoms with Crippen molar-refractivity contribution in [1.82, 2.24) is 9.80 Å². The third-order valence-corrected chi connectivity index (χ3v) is 4.58. The molecule has 2 aliphatic rings. The Labute approximate surface area is 140 Å². The van der Waals surface area contributed by atoms with E-state index >= 15 is 0 Å². The van der Waals surface area contributed by atoms with Gasteiger partial charge in [0, 0.05) is 19.1 Å². The molecule has 0 bridgehead atoms. The highest BCUT2D eigenvalue weighted by Crippen LogP contribution is 2.26. The first-order valence-corrected chi connectivity index (χ1v) is 8.08. The first-order valence-electron chi connectivity index (χ1n) is 8.08. The van der Waals surface area contributed by atoms with Crippen molar-refractivity contribution >= 4 is 23.6 Å². The van der Waals surface area contributed by atoms with E-state index in [2.05, 4.69) is 4.74 Å². The second-order valence-corrected chi connectivity index (χ2v) is 6.06. The van der Waals surface area contributed by atoms with E-state index in [0.717, 1.165) is 12.8 Å². The molecule has 3 amide bonds. The number of imide groups is 1. The molecular formula is C17H21N3O4. The van der Waals surface area contributed by atoms with E-state index in [-0.39, 0.29) is 37.0 Å². The number of hydrogen-bond acceptors (Lipinski definition) is 5. The third kappa shape index (κ3) is 3.26. The van der Waals surface area contributed by atoms with Gasteiger partial charge in [-0.15, -0.1) is 0 Å². The fourth-order valence-corrected chi connectivity index (χ4v) is 3.27. The van der Waals surface area contributed by atoms with Gasteiger partial charge in [-0.2, -0.15) is 0 Å². The Morgan fingerprint density at radius 3 is 2.46 bits per heavy atom. The Morgan fingerprint density at radius 1 is 1.17 bits per heavy atom. The van der Waals surface area contributed by atoms with Gasteiger partial charge in [0.1, 0.15) is 6.54 Å². The summed E-state index contributed by atoms with van der Waals surface area (Å²) in [5.74, 6) is -0.445. The molecule has 0 spiro atoms. The van der Waals surface area contributed by atoms with Crippen molar-refractivity contribution in [3.8, 4) is 0 Å². The number of ether oxygens (including phenoxy) is 1. The predicted octanol–water partition coefficient (Wildman–Crippen LogP) is 1.09. The maximum absolute atomic E-state index is 12.7. The van der Waals surface area contributed by atoms with Crippen LogP contribution in [-0.2, 0) is 14.3 Å². The highest BCUT2D eigenvalue weighted by atomic mass is 16.5. The van der Waals surface area contributed by atoms with Gasteiger partial charge in [0.25, 0.3) is 5.91 Å². The number of amides is 3. The summed E-state index contributed by atoms with van der Waals surface area (Å²) in [5, 5.41) is 0. The number of piperidine rings is 1. The smallest absolute Gasteiger partial charge is 0.332 e. The van der Waals surface area contributed by atoms with Crippen molar-refractivity contribution in [1.29, 1.82) is 0 Å². The van der Waals surface area contributed by atoms with Crippen LogP contribution in [0.2, 0.25) is 0 Å². The predicted molar refractivity (Wildman–Crippen MR) is 87.5 cm³/mol. The molecule has 1 aromatic carbocycles. The molecule has 0 saturated carbocycles. The van der Waals surface area contributed by atoms with Gasteiger partial charge in [-0.05, 0) is 25.0 Å². The lowest BCUT2D eigenvalue weighted by atomic mass is 10.0. The number of benzene rings is 1. The maximum atomic E-state index is 12.7. The van der Waals surface area contributed by atoms with E-state index in [1.165, 1.54) is 12.0 Å². The molecule has 7 heteroatoms. The number of urea groups is 1. The zero-order chi connectivity index (χ0) is 17.1. The number of hydrogen-bond donors (Lipinski definition) is 0. The van der Waals surface area contributed by atoms with E-state index < -0.39 is 0 Å². The van der Waals surface area contributed by atoms with E-state index in [1.54, 1.807) is 17.0 Å². The van der Waals surface area contributed by atoms with Gasteiger partial charge >= 0.3 is 12.0 Å². The van der Waals surface area contributed by atoms with Crippen molar-refractivity contribution in [2.24, 2.45) is 0 Å². The zero-order valence-corrected chi connectivity index (χ0v) is 13.7. The van der Waals surface area contributed by atoms with Gasteiger partial charge in [-0.3, -0.25) is 14.5 Å². The lowest BCUT2D eigenvalue weighted by Gasteiger charge is -2.35. The number of likely N-dealkylation sites (tertiary alicyclic amines) is 1. The summed E-state index contributed by atoms with van der Waals surface area (Å²) in [6, 6.07) is 8.77. The Balaban J connectivity index is 1.62. The highest BCUT2D eigenvalue weighted by Gasteiger charge is 2.41. The van der Waals surface area contributed by atoms with Gasteiger partial charge in [-0.25, -0.2) is 9.69 Å².